The van der Waals surface area contributed by atoms with E-state index in [1.165, 1.54) is 17.1 Å². The molecule has 21 heavy (non-hydrogen) atoms. The average molecular weight is 319 g/mol. The van der Waals surface area contributed by atoms with Gasteiger partial charge >= 0.3 is 12.2 Å². The van der Waals surface area contributed by atoms with E-state index in [1.807, 2.05) is 16.8 Å². The van der Waals surface area contributed by atoms with Gasteiger partial charge in [0.1, 0.15) is 0 Å². The van der Waals surface area contributed by atoms with Crippen LogP contribution in [-0.2, 0) is 6.18 Å². The van der Waals surface area contributed by atoms with Crippen LogP contribution in [0.5, 0.6) is 0 Å². The lowest BCUT2D eigenvalue weighted by molar-refractivity contribution is -0.137. The Kier molecular flexibility index (Phi) is 5.00. The number of hydrogen-bond donors (Lipinski definition) is 1. The van der Waals surface area contributed by atoms with Crippen molar-refractivity contribution < 1.29 is 18.0 Å². The number of benzene rings is 1. The fourth-order valence-corrected chi connectivity index (χ4v) is 2.84. The van der Waals surface area contributed by atoms with Gasteiger partial charge in [-0.15, -0.1) is 0 Å². The van der Waals surface area contributed by atoms with Crippen LogP contribution in [-0.4, -0.2) is 47.7 Å². The second-order valence-electron chi connectivity index (χ2n) is 4.60. The molecule has 1 N–H and O–H groups in total. The Morgan fingerprint density at radius 2 is 2.00 bits per heavy atom. The molecule has 0 unspecified atom stereocenters. The van der Waals surface area contributed by atoms with Gasteiger partial charge in [0.25, 0.3) is 0 Å². The zero-order valence-corrected chi connectivity index (χ0v) is 12.3. The predicted molar refractivity (Wildman–Crippen MR) is 77.1 cm³/mol. The molecule has 1 saturated heterocycles. The molecule has 0 aliphatic carbocycles. The van der Waals surface area contributed by atoms with E-state index in [9.17, 15) is 18.0 Å². The van der Waals surface area contributed by atoms with Crippen molar-refractivity contribution >= 4 is 23.5 Å². The molecule has 2 amide bonds. The Morgan fingerprint density at radius 3 is 2.62 bits per heavy atom. The topological polar surface area (TPSA) is 35.6 Å². The van der Waals surface area contributed by atoms with E-state index in [0.29, 0.717) is 0 Å². The highest BCUT2D eigenvalue weighted by Crippen LogP contribution is 2.30. The molecule has 8 heteroatoms. The van der Waals surface area contributed by atoms with Crippen LogP contribution >= 0.6 is 11.8 Å². The second-order valence-corrected chi connectivity index (χ2v) is 5.82. The molecular weight excluding hydrogens is 303 g/mol. The zero-order valence-electron chi connectivity index (χ0n) is 11.5. The first-order valence-electron chi connectivity index (χ1n) is 6.42. The van der Waals surface area contributed by atoms with Crippen molar-refractivity contribution in [2.24, 2.45) is 0 Å². The highest BCUT2D eigenvalue weighted by molar-refractivity contribution is 7.99. The van der Waals surface area contributed by atoms with E-state index in [4.69, 9.17) is 0 Å². The minimum Gasteiger partial charge on any atom is -0.307 e. The molecule has 0 radical (unpaired) electrons. The monoisotopic (exact) mass is 319 g/mol. The van der Waals surface area contributed by atoms with Crippen molar-refractivity contribution in [3.8, 4) is 0 Å². The number of hydrogen-bond acceptors (Lipinski definition) is 3. The van der Waals surface area contributed by atoms with E-state index >= 15 is 0 Å². The van der Waals surface area contributed by atoms with Gasteiger partial charge in [-0.2, -0.15) is 24.9 Å². The third kappa shape index (κ3) is 4.28. The van der Waals surface area contributed by atoms with Crippen LogP contribution in [0.25, 0.3) is 0 Å². The summed E-state index contributed by atoms with van der Waals surface area (Å²) in [6, 6.07) is 4.17. The van der Waals surface area contributed by atoms with Crippen LogP contribution in [0.2, 0.25) is 0 Å². The third-order valence-corrected chi connectivity index (χ3v) is 4.09. The Balaban J connectivity index is 2.02. The Hall–Kier alpha value is -1.41. The molecule has 0 saturated carbocycles. The maximum absolute atomic E-state index is 12.6. The molecule has 1 aromatic carbocycles. The Labute approximate surface area is 125 Å². The second kappa shape index (κ2) is 6.57. The van der Waals surface area contributed by atoms with E-state index in [2.05, 4.69) is 5.32 Å². The van der Waals surface area contributed by atoms with Crippen molar-refractivity contribution in [2.45, 2.75) is 6.18 Å². The summed E-state index contributed by atoms with van der Waals surface area (Å²) in [5.41, 5.74) is -0.648. The molecule has 1 heterocycles. The van der Waals surface area contributed by atoms with Gasteiger partial charge < -0.3 is 5.32 Å². The molecule has 1 fully saturated rings. The van der Waals surface area contributed by atoms with Crippen molar-refractivity contribution in [3.05, 3.63) is 29.8 Å². The van der Waals surface area contributed by atoms with Crippen LogP contribution in [0.4, 0.5) is 23.7 Å². The van der Waals surface area contributed by atoms with Gasteiger partial charge in [0.05, 0.1) is 5.56 Å². The number of alkyl halides is 3. The normalized spacial score (nSPS) is 16.6. The number of nitrogens with zero attached hydrogens (tertiary/aromatic N) is 2. The van der Waals surface area contributed by atoms with Gasteiger partial charge in [0.15, 0.2) is 0 Å². The SMILES string of the molecule is CN(C(=O)Nc1cccc(C(F)(F)F)c1)N1CCSCC1. The molecule has 1 aromatic rings. The van der Waals surface area contributed by atoms with Gasteiger partial charge in [-0.05, 0) is 18.2 Å². The first-order valence-corrected chi connectivity index (χ1v) is 7.58. The summed E-state index contributed by atoms with van der Waals surface area (Å²) in [5, 5.41) is 5.78. The number of rotatable bonds is 2. The van der Waals surface area contributed by atoms with Gasteiger partial charge in [-0.25, -0.2) is 9.80 Å². The maximum Gasteiger partial charge on any atom is 0.416 e. The molecule has 1 aliphatic rings. The molecule has 2 rings (SSSR count). The molecule has 0 atom stereocenters. The summed E-state index contributed by atoms with van der Waals surface area (Å²) in [6.45, 7) is 1.49. The van der Waals surface area contributed by atoms with Crippen molar-refractivity contribution in [1.82, 2.24) is 10.0 Å². The highest BCUT2D eigenvalue weighted by atomic mass is 32.2. The van der Waals surface area contributed by atoms with Gasteiger partial charge in [0.2, 0.25) is 0 Å². The Morgan fingerprint density at radius 1 is 1.33 bits per heavy atom. The molecule has 4 nitrogen and oxygen atoms in total. The standard InChI is InChI=1S/C13H16F3N3OS/c1-18(19-5-7-21-8-6-19)12(20)17-11-4-2-3-10(9-11)13(14,15)16/h2-4,9H,5-8H2,1H3,(H,17,20). The minimum atomic E-state index is -4.42. The van der Waals surface area contributed by atoms with Crippen molar-refractivity contribution in [2.75, 3.05) is 37.0 Å². The summed E-state index contributed by atoms with van der Waals surface area (Å²) in [6.07, 6.45) is -4.42. The van der Waals surface area contributed by atoms with Crippen LogP contribution in [0.3, 0.4) is 0 Å². The average Bonchev–Trinajstić information content (AvgIpc) is 2.47. The summed E-state index contributed by atoms with van der Waals surface area (Å²) in [5.74, 6) is 1.86. The smallest absolute Gasteiger partial charge is 0.307 e. The van der Waals surface area contributed by atoms with E-state index in [-0.39, 0.29) is 5.69 Å². The lowest BCUT2D eigenvalue weighted by Crippen LogP contribution is -2.49. The summed E-state index contributed by atoms with van der Waals surface area (Å²) in [4.78, 5) is 12.1. The van der Waals surface area contributed by atoms with Crippen molar-refractivity contribution in [1.29, 1.82) is 0 Å². The molecule has 0 bridgehead atoms. The number of halogens is 3. The quantitative estimate of drug-likeness (QED) is 0.910. The lowest BCUT2D eigenvalue weighted by Gasteiger charge is -2.34. The number of thioether (sulfide) groups is 1. The predicted octanol–water partition coefficient (Wildman–Crippen LogP) is 3.13. The lowest BCUT2D eigenvalue weighted by atomic mass is 10.2. The first-order chi connectivity index (χ1) is 9.88. The van der Waals surface area contributed by atoms with Gasteiger partial charge in [-0.1, -0.05) is 6.07 Å². The van der Waals surface area contributed by atoms with E-state index < -0.39 is 17.8 Å². The number of anilines is 1. The van der Waals surface area contributed by atoms with Gasteiger partial charge in [0, 0.05) is 37.3 Å². The first kappa shape index (κ1) is 16.0. The number of carbonyl (C=O) groups is 1. The fourth-order valence-electron chi connectivity index (χ4n) is 1.96. The maximum atomic E-state index is 12.6. The minimum absolute atomic E-state index is 0.132. The number of nitrogens with one attached hydrogen (secondary N) is 1. The third-order valence-electron chi connectivity index (χ3n) is 3.15. The summed E-state index contributed by atoms with van der Waals surface area (Å²) >= 11 is 1.81. The molecular formula is C13H16F3N3OS. The van der Waals surface area contributed by atoms with Gasteiger partial charge in [-0.3, -0.25) is 5.01 Å². The fraction of sp³-hybridized carbons (Fsp3) is 0.462. The van der Waals surface area contributed by atoms with Crippen LogP contribution in [0.1, 0.15) is 5.56 Å². The Bertz CT molecular complexity index is 504. The largest absolute Gasteiger partial charge is 0.416 e. The van der Waals surface area contributed by atoms with Crippen LogP contribution in [0, 0.1) is 0 Å². The molecule has 0 spiro atoms. The van der Waals surface area contributed by atoms with Crippen LogP contribution in [0.15, 0.2) is 24.3 Å². The van der Waals surface area contributed by atoms with E-state index in [1.54, 1.807) is 7.05 Å². The summed E-state index contributed by atoms with van der Waals surface area (Å²) in [7, 11) is 1.61. The molecule has 0 aromatic heterocycles. The number of urea groups is 1. The molecule has 116 valence electrons. The zero-order chi connectivity index (χ0) is 15.5. The van der Waals surface area contributed by atoms with Crippen LogP contribution < -0.4 is 5.32 Å². The molecule has 1 aliphatic heterocycles. The summed E-state index contributed by atoms with van der Waals surface area (Å²) < 4.78 is 37.9. The van der Waals surface area contributed by atoms with E-state index in [0.717, 1.165) is 36.7 Å². The highest BCUT2D eigenvalue weighted by Gasteiger charge is 2.30. The van der Waals surface area contributed by atoms with Crippen molar-refractivity contribution in [3.63, 3.8) is 0 Å². The number of carbonyl (C=O) groups excluding carboxylic acids is 1. The number of amides is 2. The number of hydrazine groups is 1.